The Labute approximate surface area is 118 Å². The lowest BCUT2D eigenvalue weighted by atomic mass is 10.2. The van der Waals surface area contributed by atoms with Gasteiger partial charge in [0.25, 0.3) is 0 Å². The third-order valence-electron chi connectivity index (χ3n) is 3.53. The molecule has 19 heavy (non-hydrogen) atoms. The van der Waals surface area contributed by atoms with Crippen LogP contribution in [0.15, 0.2) is 12.1 Å². The number of hydrogen-bond acceptors (Lipinski definition) is 3. The molecule has 0 aliphatic carbocycles. The summed E-state index contributed by atoms with van der Waals surface area (Å²) in [5.74, 6) is -0.475. The molecule has 0 aromatic heterocycles. The van der Waals surface area contributed by atoms with Crippen LogP contribution in [-0.4, -0.2) is 31.1 Å². The van der Waals surface area contributed by atoms with Crippen molar-refractivity contribution in [2.24, 2.45) is 0 Å². The fourth-order valence-electron chi connectivity index (χ4n) is 2.42. The van der Waals surface area contributed by atoms with E-state index in [9.17, 15) is 4.39 Å². The van der Waals surface area contributed by atoms with Crippen LogP contribution in [0.1, 0.15) is 25.7 Å². The number of nitrogens with zero attached hydrogens (tertiary/aromatic N) is 1. The highest BCUT2D eigenvalue weighted by Crippen LogP contribution is 2.26. The van der Waals surface area contributed by atoms with Crippen LogP contribution >= 0.6 is 11.6 Å². The van der Waals surface area contributed by atoms with Gasteiger partial charge in [-0.1, -0.05) is 24.4 Å². The first-order valence-electron chi connectivity index (χ1n) is 6.87. The number of halogens is 2. The molecule has 0 bridgehead atoms. The van der Waals surface area contributed by atoms with E-state index >= 15 is 0 Å². The summed E-state index contributed by atoms with van der Waals surface area (Å²) in [5, 5.41) is 3.33. The van der Waals surface area contributed by atoms with Crippen LogP contribution < -0.4 is 11.1 Å². The molecular weight excluding hydrogens is 265 g/mol. The van der Waals surface area contributed by atoms with Crippen LogP contribution in [0.2, 0.25) is 5.02 Å². The second-order valence-electron chi connectivity index (χ2n) is 5.04. The van der Waals surface area contributed by atoms with Crippen molar-refractivity contribution in [3.8, 4) is 0 Å². The fourth-order valence-corrected chi connectivity index (χ4v) is 2.59. The Bertz CT molecular complexity index is 417. The lowest BCUT2D eigenvalue weighted by Gasteiger charge is -2.20. The number of hydrogen-bond donors (Lipinski definition) is 2. The number of anilines is 2. The largest absolute Gasteiger partial charge is 0.397 e. The van der Waals surface area contributed by atoms with Gasteiger partial charge in [0.1, 0.15) is 5.82 Å². The average molecular weight is 286 g/mol. The molecule has 0 amide bonds. The molecule has 2 rings (SSSR count). The van der Waals surface area contributed by atoms with E-state index in [-0.39, 0.29) is 5.02 Å². The Kier molecular flexibility index (Phi) is 5.28. The fraction of sp³-hybridized carbons (Fsp3) is 0.571. The monoisotopic (exact) mass is 285 g/mol. The zero-order chi connectivity index (χ0) is 13.7. The second-order valence-corrected chi connectivity index (χ2v) is 5.44. The molecule has 0 atom stereocenters. The zero-order valence-electron chi connectivity index (χ0n) is 11.1. The van der Waals surface area contributed by atoms with Crippen LogP contribution in [0.3, 0.4) is 0 Å². The molecule has 1 saturated heterocycles. The lowest BCUT2D eigenvalue weighted by Crippen LogP contribution is -2.30. The van der Waals surface area contributed by atoms with E-state index in [1.54, 1.807) is 6.07 Å². The molecule has 0 spiro atoms. The van der Waals surface area contributed by atoms with Crippen molar-refractivity contribution in [2.75, 3.05) is 37.2 Å². The Balaban J connectivity index is 1.83. The smallest absolute Gasteiger partial charge is 0.143 e. The molecule has 1 aromatic carbocycles. The maximum absolute atomic E-state index is 13.2. The Hall–Kier alpha value is -1.00. The van der Waals surface area contributed by atoms with Crippen LogP contribution in [0.4, 0.5) is 15.8 Å². The molecule has 1 aliphatic heterocycles. The summed E-state index contributed by atoms with van der Waals surface area (Å²) in [6.45, 7) is 4.11. The van der Waals surface area contributed by atoms with Crippen molar-refractivity contribution < 1.29 is 4.39 Å². The summed E-state index contributed by atoms with van der Waals surface area (Å²) in [7, 11) is 0. The minimum absolute atomic E-state index is 0.103. The van der Waals surface area contributed by atoms with Gasteiger partial charge in [-0.15, -0.1) is 0 Å². The van der Waals surface area contributed by atoms with E-state index in [0.717, 1.165) is 13.1 Å². The predicted octanol–water partition coefficient (Wildman–Crippen LogP) is 3.35. The summed E-state index contributed by atoms with van der Waals surface area (Å²) in [6.07, 6.45) is 5.24. The maximum Gasteiger partial charge on any atom is 0.143 e. The van der Waals surface area contributed by atoms with Gasteiger partial charge >= 0.3 is 0 Å². The van der Waals surface area contributed by atoms with E-state index < -0.39 is 5.82 Å². The molecule has 1 aromatic rings. The first-order chi connectivity index (χ1) is 9.16. The van der Waals surface area contributed by atoms with Crippen LogP contribution in [0.5, 0.6) is 0 Å². The molecule has 5 heteroatoms. The van der Waals surface area contributed by atoms with Crippen molar-refractivity contribution in [3.63, 3.8) is 0 Å². The van der Waals surface area contributed by atoms with Crippen molar-refractivity contribution in [1.29, 1.82) is 0 Å². The summed E-state index contributed by atoms with van der Waals surface area (Å²) < 4.78 is 13.2. The highest BCUT2D eigenvalue weighted by molar-refractivity contribution is 6.31. The normalized spacial score (nSPS) is 17.2. The first-order valence-corrected chi connectivity index (χ1v) is 7.25. The van der Waals surface area contributed by atoms with Crippen LogP contribution in [0.25, 0.3) is 0 Å². The van der Waals surface area contributed by atoms with Gasteiger partial charge in [0.2, 0.25) is 0 Å². The topological polar surface area (TPSA) is 41.3 Å². The third kappa shape index (κ3) is 4.25. The van der Waals surface area contributed by atoms with Gasteiger partial charge in [-0.3, -0.25) is 0 Å². The van der Waals surface area contributed by atoms with Gasteiger partial charge in [-0.25, -0.2) is 4.39 Å². The zero-order valence-corrected chi connectivity index (χ0v) is 11.8. The molecule has 0 saturated carbocycles. The molecule has 0 radical (unpaired) electrons. The van der Waals surface area contributed by atoms with Gasteiger partial charge < -0.3 is 16.0 Å². The van der Waals surface area contributed by atoms with Gasteiger partial charge in [-0.2, -0.15) is 0 Å². The van der Waals surface area contributed by atoms with Crippen molar-refractivity contribution in [2.45, 2.75) is 25.7 Å². The molecule has 3 nitrogen and oxygen atoms in total. The van der Waals surface area contributed by atoms with Gasteiger partial charge in [-0.05, 0) is 32.0 Å². The molecule has 1 aliphatic rings. The predicted molar refractivity (Wildman–Crippen MR) is 79.2 cm³/mol. The van der Waals surface area contributed by atoms with E-state index in [2.05, 4.69) is 10.2 Å². The average Bonchev–Trinajstić information content (AvgIpc) is 2.64. The number of nitrogens with one attached hydrogen (secondary N) is 1. The first kappa shape index (κ1) is 14.4. The number of nitrogens with two attached hydrogens (primary N) is 1. The van der Waals surface area contributed by atoms with Gasteiger partial charge in [0, 0.05) is 19.2 Å². The van der Waals surface area contributed by atoms with Crippen LogP contribution in [0, 0.1) is 5.82 Å². The minimum atomic E-state index is -0.475. The molecular formula is C14H21ClFN3. The molecule has 1 fully saturated rings. The second kappa shape index (κ2) is 6.96. The minimum Gasteiger partial charge on any atom is -0.397 e. The van der Waals surface area contributed by atoms with E-state index in [1.165, 1.54) is 44.8 Å². The van der Waals surface area contributed by atoms with Crippen molar-refractivity contribution in [3.05, 3.63) is 23.0 Å². The standard InChI is InChI=1S/C14H21ClFN3/c15-11-9-14(13(17)10-12(11)16)18-5-8-19-6-3-1-2-4-7-19/h9-10,18H,1-8,17H2. The third-order valence-corrected chi connectivity index (χ3v) is 3.82. The van der Waals surface area contributed by atoms with E-state index in [4.69, 9.17) is 17.3 Å². The summed E-state index contributed by atoms with van der Waals surface area (Å²) in [5.41, 5.74) is 6.87. The number of likely N-dealkylation sites (tertiary alicyclic amines) is 1. The Morgan fingerprint density at radius 1 is 1.21 bits per heavy atom. The quantitative estimate of drug-likeness (QED) is 0.834. The van der Waals surface area contributed by atoms with Crippen LogP contribution in [-0.2, 0) is 0 Å². The molecule has 106 valence electrons. The SMILES string of the molecule is Nc1cc(F)c(Cl)cc1NCCN1CCCCCC1. The molecule has 3 N–H and O–H groups in total. The highest BCUT2D eigenvalue weighted by Gasteiger charge is 2.09. The lowest BCUT2D eigenvalue weighted by molar-refractivity contribution is 0.296. The molecule has 0 unspecified atom stereocenters. The summed E-state index contributed by atoms with van der Waals surface area (Å²) >= 11 is 5.75. The van der Waals surface area contributed by atoms with E-state index in [0.29, 0.717) is 11.4 Å². The maximum atomic E-state index is 13.2. The van der Waals surface area contributed by atoms with Crippen molar-refractivity contribution in [1.82, 2.24) is 4.90 Å². The molecule has 1 heterocycles. The van der Waals surface area contributed by atoms with Crippen molar-refractivity contribution >= 4 is 23.0 Å². The van der Waals surface area contributed by atoms with Gasteiger partial charge in [0.05, 0.1) is 16.4 Å². The number of rotatable bonds is 4. The van der Waals surface area contributed by atoms with Gasteiger partial charge in [0.15, 0.2) is 0 Å². The Morgan fingerprint density at radius 2 is 1.89 bits per heavy atom. The Morgan fingerprint density at radius 3 is 2.58 bits per heavy atom. The number of benzene rings is 1. The summed E-state index contributed by atoms with van der Waals surface area (Å²) in [4.78, 5) is 2.46. The highest BCUT2D eigenvalue weighted by atomic mass is 35.5. The van der Waals surface area contributed by atoms with E-state index in [1.807, 2.05) is 0 Å². The number of nitrogen functional groups attached to an aromatic ring is 1. The summed E-state index contributed by atoms with van der Waals surface area (Å²) in [6, 6.07) is 2.81.